The highest BCUT2D eigenvalue weighted by Gasteiger charge is 2.39. The van der Waals surface area contributed by atoms with Crippen molar-refractivity contribution in [2.45, 2.75) is 25.9 Å². The second-order valence-corrected chi connectivity index (χ2v) is 4.82. The lowest BCUT2D eigenvalue weighted by molar-refractivity contribution is -0.149. The largest absolute Gasteiger partial charge is 0.341 e. The van der Waals surface area contributed by atoms with Crippen molar-refractivity contribution in [2.75, 3.05) is 6.54 Å². The van der Waals surface area contributed by atoms with Gasteiger partial charge in [0, 0.05) is 13.2 Å². The number of nitrogens with zero attached hydrogens (tertiary/aromatic N) is 3. The number of hydrogen-bond acceptors (Lipinski definition) is 3. The highest BCUT2D eigenvalue weighted by molar-refractivity contribution is 5.97. The van der Waals surface area contributed by atoms with Crippen LogP contribution in [0.4, 0.5) is 0 Å². The Morgan fingerprint density at radius 2 is 2.18 bits per heavy atom. The molecule has 1 aliphatic rings. The molecular formula is C11H16N4O2. The molecule has 2 heterocycles. The summed E-state index contributed by atoms with van der Waals surface area (Å²) >= 11 is 0. The van der Waals surface area contributed by atoms with Gasteiger partial charge < -0.3 is 10.2 Å². The molecule has 1 N–H and O–H groups in total. The Hall–Kier alpha value is -1.85. The third-order valence-electron chi connectivity index (χ3n) is 2.73. The van der Waals surface area contributed by atoms with Gasteiger partial charge in [-0.15, -0.1) is 0 Å². The van der Waals surface area contributed by atoms with Crippen molar-refractivity contribution in [2.24, 2.45) is 7.05 Å². The first-order chi connectivity index (χ1) is 7.88. The molecule has 0 bridgehead atoms. The molecule has 1 aromatic rings. The van der Waals surface area contributed by atoms with Crippen molar-refractivity contribution in [3.8, 4) is 0 Å². The monoisotopic (exact) mass is 236 g/mol. The van der Waals surface area contributed by atoms with Crippen LogP contribution in [0.2, 0.25) is 0 Å². The minimum absolute atomic E-state index is 0.0808. The van der Waals surface area contributed by atoms with Crippen LogP contribution in [0.5, 0.6) is 0 Å². The smallest absolute Gasteiger partial charge is 0.248 e. The zero-order chi connectivity index (χ0) is 12.6. The summed E-state index contributed by atoms with van der Waals surface area (Å²) < 4.78 is 1.68. The maximum absolute atomic E-state index is 12.1. The predicted molar refractivity (Wildman–Crippen MR) is 60.8 cm³/mol. The fourth-order valence-corrected chi connectivity index (χ4v) is 1.95. The highest BCUT2D eigenvalue weighted by Crippen LogP contribution is 2.15. The lowest BCUT2D eigenvalue weighted by Gasteiger charge is -2.37. The second-order valence-electron chi connectivity index (χ2n) is 4.82. The van der Waals surface area contributed by atoms with Crippen LogP contribution in [0.15, 0.2) is 12.3 Å². The Morgan fingerprint density at radius 1 is 1.47 bits per heavy atom. The second kappa shape index (κ2) is 3.87. The van der Waals surface area contributed by atoms with E-state index in [-0.39, 0.29) is 18.4 Å². The molecule has 0 aromatic carbocycles. The van der Waals surface area contributed by atoms with Crippen LogP contribution in [-0.4, -0.2) is 38.6 Å². The fourth-order valence-electron chi connectivity index (χ4n) is 1.95. The van der Waals surface area contributed by atoms with E-state index < -0.39 is 5.54 Å². The van der Waals surface area contributed by atoms with Gasteiger partial charge in [0.2, 0.25) is 11.8 Å². The van der Waals surface area contributed by atoms with Crippen LogP contribution in [-0.2, 0) is 23.2 Å². The van der Waals surface area contributed by atoms with Gasteiger partial charge in [-0.05, 0) is 19.9 Å². The Kier molecular flexibility index (Phi) is 2.65. The molecule has 0 aliphatic carbocycles. The number of carbonyl (C=O) groups is 2. The van der Waals surface area contributed by atoms with Gasteiger partial charge >= 0.3 is 0 Å². The van der Waals surface area contributed by atoms with Crippen molar-refractivity contribution in [1.29, 1.82) is 0 Å². The molecule has 1 aliphatic heterocycles. The maximum Gasteiger partial charge on any atom is 0.248 e. The van der Waals surface area contributed by atoms with E-state index in [2.05, 4.69) is 10.4 Å². The molecule has 0 spiro atoms. The molecule has 6 nitrogen and oxygen atoms in total. The molecule has 17 heavy (non-hydrogen) atoms. The quantitative estimate of drug-likeness (QED) is 0.763. The van der Waals surface area contributed by atoms with Crippen LogP contribution in [0.25, 0.3) is 0 Å². The lowest BCUT2D eigenvalue weighted by atomic mass is 10.0. The van der Waals surface area contributed by atoms with E-state index in [9.17, 15) is 9.59 Å². The molecular weight excluding hydrogens is 220 g/mol. The summed E-state index contributed by atoms with van der Waals surface area (Å²) in [6.45, 7) is 3.88. The van der Waals surface area contributed by atoms with E-state index in [1.54, 1.807) is 18.5 Å². The van der Waals surface area contributed by atoms with Gasteiger partial charge in [-0.1, -0.05) is 0 Å². The van der Waals surface area contributed by atoms with Gasteiger partial charge in [-0.3, -0.25) is 14.3 Å². The summed E-state index contributed by atoms with van der Waals surface area (Å²) in [5.41, 5.74) is -0.0456. The molecule has 0 radical (unpaired) electrons. The van der Waals surface area contributed by atoms with E-state index in [0.29, 0.717) is 6.54 Å². The van der Waals surface area contributed by atoms with Crippen molar-refractivity contribution in [3.63, 3.8) is 0 Å². The standard InChI is InChI=1S/C11H16N4O2/c1-11(2)10(17)15(7-9(16)12-11)6-8-4-5-14(3)13-8/h4-5H,6-7H2,1-3H3,(H,12,16). The van der Waals surface area contributed by atoms with Crippen molar-refractivity contribution in [3.05, 3.63) is 18.0 Å². The Balaban J connectivity index is 2.15. The Bertz CT molecular complexity index is 464. The summed E-state index contributed by atoms with van der Waals surface area (Å²) in [6.07, 6.45) is 1.81. The average Bonchev–Trinajstić information content (AvgIpc) is 2.59. The maximum atomic E-state index is 12.1. The number of piperazine rings is 1. The summed E-state index contributed by atoms with van der Waals surface area (Å²) in [5.74, 6) is -0.215. The number of carbonyl (C=O) groups excluding carboxylic acids is 2. The molecule has 1 fully saturated rings. The van der Waals surface area contributed by atoms with E-state index in [0.717, 1.165) is 5.69 Å². The minimum atomic E-state index is -0.829. The molecule has 0 saturated carbocycles. The third-order valence-corrected chi connectivity index (χ3v) is 2.73. The molecule has 0 atom stereocenters. The number of nitrogens with one attached hydrogen (secondary N) is 1. The molecule has 2 amide bonds. The zero-order valence-corrected chi connectivity index (χ0v) is 10.2. The first-order valence-corrected chi connectivity index (χ1v) is 5.47. The third kappa shape index (κ3) is 2.30. The zero-order valence-electron chi connectivity index (χ0n) is 10.2. The number of amides is 2. The number of rotatable bonds is 2. The molecule has 1 aromatic heterocycles. The van der Waals surface area contributed by atoms with Gasteiger partial charge in [0.05, 0.1) is 12.2 Å². The Morgan fingerprint density at radius 3 is 2.76 bits per heavy atom. The molecule has 2 rings (SSSR count). The van der Waals surface area contributed by atoms with Crippen molar-refractivity contribution in [1.82, 2.24) is 20.0 Å². The van der Waals surface area contributed by atoms with Gasteiger partial charge in [0.15, 0.2) is 0 Å². The van der Waals surface area contributed by atoms with Crippen LogP contribution in [0.1, 0.15) is 19.5 Å². The average molecular weight is 236 g/mol. The van der Waals surface area contributed by atoms with Gasteiger partial charge in [-0.2, -0.15) is 5.10 Å². The van der Waals surface area contributed by atoms with Crippen LogP contribution in [0.3, 0.4) is 0 Å². The molecule has 92 valence electrons. The SMILES string of the molecule is Cn1ccc(CN2CC(=O)NC(C)(C)C2=O)n1. The van der Waals surface area contributed by atoms with E-state index >= 15 is 0 Å². The number of aromatic nitrogens is 2. The van der Waals surface area contributed by atoms with Crippen LogP contribution >= 0.6 is 0 Å². The molecule has 1 saturated heterocycles. The summed E-state index contributed by atoms with van der Waals surface area (Å²) in [7, 11) is 1.82. The summed E-state index contributed by atoms with van der Waals surface area (Å²) in [4.78, 5) is 25.1. The van der Waals surface area contributed by atoms with E-state index in [1.807, 2.05) is 19.3 Å². The topological polar surface area (TPSA) is 67.2 Å². The van der Waals surface area contributed by atoms with E-state index in [1.165, 1.54) is 4.90 Å². The normalized spacial score (nSPS) is 19.4. The van der Waals surface area contributed by atoms with Gasteiger partial charge in [-0.25, -0.2) is 0 Å². The number of hydrogen-bond donors (Lipinski definition) is 1. The van der Waals surface area contributed by atoms with Crippen LogP contribution < -0.4 is 5.32 Å². The van der Waals surface area contributed by atoms with Gasteiger partial charge in [0.1, 0.15) is 12.1 Å². The molecule has 0 unspecified atom stereocenters. The van der Waals surface area contributed by atoms with Gasteiger partial charge in [0.25, 0.3) is 0 Å². The molecule has 6 heteroatoms. The first kappa shape index (κ1) is 11.6. The van der Waals surface area contributed by atoms with Crippen molar-refractivity contribution < 1.29 is 9.59 Å². The highest BCUT2D eigenvalue weighted by atomic mass is 16.2. The minimum Gasteiger partial charge on any atom is -0.341 e. The first-order valence-electron chi connectivity index (χ1n) is 5.47. The van der Waals surface area contributed by atoms with Crippen molar-refractivity contribution >= 4 is 11.8 Å². The van der Waals surface area contributed by atoms with Crippen LogP contribution in [0, 0.1) is 0 Å². The summed E-state index contributed by atoms with van der Waals surface area (Å²) in [5, 5.41) is 6.87. The summed E-state index contributed by atoms with van der Waals surface area (Å²) in [6, 6.07) is 1.84. The predicted octanol–water partition coefficient (Wildman–Crippen LogP) is -0.343. The number of aryl methyl sites for hydroxylation is 1. The Labute approximate surface area is 99.6 Å². The lowest BCUT2D eigenvalue weighted by Crippen LogP contribution is -2.63. The van der Waals surface area contributed by atoms with E-state index in [4.69, 9.17) is 0 Å². The fraction of sp³-hybridized carbons (Fsp3) is 0.545.